The molecule has 0 bridgehead atoms. The minimum absolute atomic E-state index is 0.0411. The van der Waals surface area contributed by atoms with Gasteiger partial charge in [-0.3, -0.25) is 9.59 Å². The van der Waals surface area contributed by atoms with Crippen molar-refractivity contribution in [2.24, 2.45) is 11.8 Å². The number of carbonyl (C=O) groups excluding carboxylic acids is 2. The van der Waals surface area contributed by atoms with E-state index in [1.54, 1.807) is 4.90 Å². The van der Waals surface area contributed by atoms with E-state index in [4.69, 9.17) is 5.11 Å². The lowest BCUT2D eigenvalue weighted by Crippen LogP contribution is -2.53. The molecule has 7 heteroatoms. The lowest BCUT2D eigenvalue weighted by atomic mass is 9.92. The first-order chi connectivity index (χ1) is 9.99. The van der Waals surface area contributed by atoms with Gasteiger partial charge in [-0.1, -0.05) is 6.92 Å². The van der Waals surface area contributed by atoms with Crippen molar-refractivity contribution in [3.63, 3.8) is 0 Å². The molecule has 0 spiro atoms. The van der Waals surface area contributed by atoms with Crippen LogP contribution in [0.1, 0.15) is 32.6 Å². The van der Waals surface area contributed by atoms with E-state index in [1.807, 2.05) is 6.92 Å². The molecule has 2 heterocycles. The van der Waals surface area contributed by atoms with Gasteiger partial charge >= 0.3 is 12.0 Å². The largest absolute Gasteiger partial charge is 0.481 e. The summed E-state index contributed by atoms with van der Waals surface area (Å²) in [6.45, 7) is 3.58. The van der Waals surface area contributed by atoms with Crippen molar-refractivity contribution in [3.05, 3.63) is 0 Å². The first-order valence-corrected chi connectivity index (χ1v) is 7.53. The molecule has 3 amide bonds. The fourth-order valence-corrected chi connectivity index (χ4v) is 3.04. The Bertz CT molecular complexity index is 426. The minimum Gasteiger partial charge on any atom is -0.481 e. The third kappa shape index (κ3) is 3.86. The van der Waals surface area contributed by atoms with Crippen LogP contribution >= 0.6 is 0 Å². The Morgan fingerprint density at radius 3 is 3.00 bits per heavy atom. The summed E-state index contributed by atoms with van der Waals surface area (Å²) in [4.78, 5) is 36.2. The molecule has 21 heavy (non-hydrogen) atoms. The first-order valence-electron chi connectivity index (χ1n) is 7.53. The Labute approximate surface area is 124 Å². The Morgan fingerprint density at radius 2 is 2.29 bits per heavy atom. The Kier molecular flexibility index (Phi) is 5.03. The molecule has 0 aromatic heterocycles. The predicted molar refractivity (Wildman–Crippen MR) is 75.7 cm³/mol. The van der Waals surface area contributed by atoms with E-state index >= 15 is 0 Å². The molecule has 0 radical (unpaired) electrons. The molecule has 3 atom stereocenters. The van der Waals surface area contributed by atoms with Gasteiger partial charge in [-0.05, 0) is 25.2 Å². The average molecular weight is 297 g/mol. The summed E-state index contributed by atoms with van der Waals surface area (Å²) in [5.74, 6) is -0.724. The van der Waals surface area contributed by atoms with Gasteiger partial charge in [0.15, 0.2) is 0 Å². The van der Waals surface area contributed by atoms with Crippen LogP contribution in [0.2, 0.25) is 0 Å². The number of hydrogen-bond acceptors (Lipinski definition) is 3. The third-order valence-corrected chi connectivity index (χ3v) is 4.31. The van der Waals surface area contributed by atoms with Crippen molar-refractivity contribution >= 4 is 17.9 Å². The predicted octanol–water partition coefficient (Wildman–Crippen LogP) is 0.407. The van der Waals surface area contributed by atoms with Crippen LogP contribution in [0.4, 0.5) is 4.79 Å². The molecule has 7 nitrogen and oxygen atoms in total. The SMILES string of the molecule is CC(CCC(=O)O)CNC(=O)N1CCCC2C(=O)NCC21. The molecule has 2 aliphatic rings. The number of likely N-dealkylation sites (tertiary alicyclic amines) is 1. The van der Waals surface area contributed by atoms with E-state index in [0.717, 1.165) is 12.8 Å². The van der Waals surface area contributed by atoms with Gasteiger partial charge in [0, 0.05) is 26.1 Å². The van der Waals surface area contributed by atoms with Gasteiger partial charge in [0.2, 0.25) is 5.91 Å². The second kappa shape index (κ2) is 6.78. The topological polar surface area (TPSA) is 98.7 Å². The molecule has 3 unspecified atom stereocenters. The van der Waals surface area contributed by atoms with Crippen molar-refractivity contribution in [2.75, 3.05) is 19.6 Å². The van der Waals surface area contributed by atoms with Crippen molar-refractivity contribution in [1.82, 2.24) is 15.5 Å². The van der Waals surface area contributed by atoms with Crippen LogP contribution in [0, 0.1) is 11.8 Å². The van der Waals surface area contributed by atoms with E-state index in [0.29, 0.717) is 26.1 Å². The summed E-state index contributed by atoms with van der Waals surface area (Å²) in [7, 11) is 0. The Hall–Kier alpha value is -1.79. The van der Waals surface area contributed by atoms with Gasteiger partial charge in [-0.15, -0.1) is 0 Å². The third-order valence-electron chi connectivity index (χ3n) is 4.31. The van der Waals surface area contributed by atoms with Crippen molar-refractivity contribution in [2.45, 2.75) is 38.6 Å². The summed E-state index contributed by atoms with van der Waals surface area (Å²) < 4.78 is 0. The first kappa shape index (κ1) is 15.6. The molecule has 0 aromatic rings. The second-order valence-corrected chi connectivity index (χ2v) is 5.98. The number of carbonyl (C=O) groups is 3. The zero-order valence-corrected chi connectivity index (χ0v) is 12.3. The maximum Gasteiger partial charge on any atom is 0.317 e. The molecule has 118 valence electrons. The molecule has 2 saturated heterocycles. The summed E-state index contributed by atoms with van der Waals surface area (Å²) in [5.41, 5.74) is 0. The molecular weight excluding hydrogens is 274 g/mol. The summed E-state index contributed by atoms with van der Waals surface area (Å²) in [5, 5.41) is 14.3. The number of aliphatic carboxylic acids is 1. The highest BCUT2D eigenvalue weighted by molar-refractivity contribution is 5.84. The van der Waals surface area contributed by atoms with E-state index in [2.05, 4.69) is 10.6 Å². The molecule has 0 aromatic carbocycles. The number of nitrogens with one attached hydrogen (secondary N) is 2. The number of urea groups is 1. The summed E-state index contributed by atoms with van der Waals surface area (Å²) in [6.07, 6.45) is 2.34. The van der Waals surface area contributed by atoms with Crippen molar-refractivity contribution in [1.29, 1.82) is 0 Å². The molecule has 0 saturated carbocycles. The monoisotopic (exact) mass is 297 g/mol. The normalized spacial score (nSPS) is 26.0. The summed E-state index contributed by atoms with van der Waals surface area (Å²) >= 11 is 0. The molecule has 0 aliphatic carbocycles. The van der Waals surface area contributed by atoms with Crippen LogP contribution in [-0.4, -0.2) is 53.6 Å². The fraction of sp³-hybridized carbons (Fsp3) is 0.786. The van der Waals surface area contributed by atoms with Gasteiger partial charge in [0.1, 0.15) is 0 Å². The quantitative estimate of drug-likeness (QED) is 0.684. The van der Waals surface area contributed by atoms with Crippen LogP contribution in [-0.2, 0) is 9.59 Å². The Balaban J connectivity index is 1.80. The number of rotatable bonds is 5. The fourth-order valence-electron chi connectivity index (χ4n) is 3.04. The van der Waals surface area contributed by atoms with Gasteiger partial charge in [0.25, 0.3) is 0 Å². The van der Waals surface area contributed by atoms with Crippen LogP contribution in [0.15, 0.2) is 0 Å². The molecule has 2 fully saturated rings. The zero-order valence-electron chi connectivity index (χ0n) is 12.3. The highest BCUT2D eigenvalue weighted by Gasteiger charge is 2.42. The average Bonchev–Trinajstić information content (AvgIpc) is 2.84. The van der Waals surface area contributed by atoms with Crippen molar-refractivity contribution < 1.29 is 19.5 Å². The number of nitrogens with zero attached hydrogens (tertiary/aromatic N) is 1. The van der Waals surface area contributed by atoms with Crippen molar-refractivity contribution in [3.8, 4) is 0 Å². The molecular formula is C14H23N3O4. The number of hydrogen-bond donors (Lipinski definition) is 3. The molecule has 3 N–H and O–H groups in total. The molecule has 2 aliphatic heterocycles. The lowest BCUT2D eigenvalue weighted by Gasteiger charge is -2.36. The van der Waals surface area contributed by atoms with E-state index in [9.17, 15) is 14.4 Å². The maximum absolute atomic E-state index is 12.2. The van der Waals surface area contributed by atoms with Crippen LogP contribution in [0.3, 0.4) is 0 Å². The van der Waals surface area contributed by atoms with E-state index < -0.39 is 5.97 Å². The number of fused-ring (bicyclic) bond motifs is 1. The zero-order chi connectivity index (χ0) is 15.4. The highest BCUT2D eigenvalue weighted by Crippen LogP contribution is 2.27. The highest BCUT2D eigenvalue weighted by atomic mass is 16.4. The van der Waals surface area contributed by atoms with Gasteiger partial charge in [-0.25, -0.2) is 4.79 Å². The van der Waals surface area contributed by atoms with E-state index in [-0.39, 0.29) is 36.2 Å². The molecule has 2 rings (SSSR count). The number of carboxylic acids is 1. The standard InChI is InChI=1S/C14H23N3O4/c1-9(4-5-12(18)19)7-16-14(21)17-6-2-3-10-11(17)8-15-13(10)20/h9-11H,2-8H2,1H3,(H,15,20)(H,16,21)(H,18,19). The van der Waals surface area contributed by atoms with Crippen LogP contribution < -0.4 is 10.6 Å². The van der Waals surface area contributed by atoms with Crippen LogP contribution in [0.25, 0.3) is 0 Å². The van der Waals surface area contributed by atoms with Gasteiger partial charge < -0.3 is 20.6 Å². The summed E-state index contributed by atoms with van der Waals surface area (Å²) in [6, 6.07) is -0.191. The second-order valence-electron chi connectivity index (χ2n) is 5.98. The van der Waals surface area contributed by atoms with E-state index in [1.165, 1.54) is 0 Å². The number of piperidine rings is 1. The number of carboxylic acid groups (broad SMARTS) is 1. The van der Waals surface area contributed by atoms with Gasteiger partial charge in [-0.2, -0.15) is 0 Å². The van der Waals surface area contributed by atoms with Crippen LogP contribution in [0.5, 0.6) is 0 Å². The number of amides is 3. The maximum atomic E-state index is 12.2. The lowest BCUT2D eigenvalue weighted by molar-refractivity contribution is -0.137. The minimum atomic E-state index is -0.817. The van der Waals surface area contributed by atoms with Gasteiger partial charge in [0.05, 0.1) is 12.0 Å². The smallest absolute Gasteiger partial charge is 0.317 e. The Morgan fingerprint density at radius 1 is 1.52 bits per heavy atom.